The minimum Gasteiger partial charge on any atom is -0.455 e. The van der Waals surface area contributed by atoms with E-state index in [9.17, 15) is 0 Å². The molecule has 2 heterocycles. The van der Waals surface area contributed by atoms with Crippen molar-refractivity contribution in [2.45, 2.75) is 13.5 Å². The number of hydrogen-bond donors (Lipinski definition) is 1. The van der Waals surface area contributed by atoms with Gasteiger partial charge in [0.25, 0.3) is 0 Å². The van der Waals surface area contributed by atoms with Gasteiger partial charge in [-0.1, -0.05) is 29.8 Å². The topological polar surface area (TPSA) is 67.7 Å². The van der Waals surface area contributed by atoms with Crippen molar-refractivity contribution in [3.8, 4) is 11.3 Å². The van der Waals surface area contributed by atoms with Crippen molar-refractivity contribution in [2.75, 3.05) is 0 Å². The van der Waals surface area contributed by atoms with Gasteiger partial charge in [0.2, 0.25) is 0 Å². The van der Waals surface area contributed by atoms with Crippen molar-refractivity contribution in [1.29, 1.82) is 0 Å². The van der Waals surface area contributed by atoms with Crippen molar-refractivity contribution in [3.63, 3.8) is 0 Å². The molecule has 0 radical (unpaired) electrons. The molecule has 0 atom stereocenters. The molecular weight excluding hydrogens is 332 g/mol. The summed E-state index contributed by atoms with van der Waals surface area (Å²) in [4.78, 5) is 4.25. The van der Waals surface area contributed by atoms with E-state index in [1.165, 1.54) is 10.6 Å². The lowest BCUT2D eigenvalue weighted by molar-refractivity contribution is 0.437. The van der Waals surface area contributed by atoms with E-state index in [1.807, 2.05) is 55.5 Å². The number of aryl methyl sites for hydroxylation is 1. The van der Waals surface area contributed by atoms with Gasteiger partial charge in [0, 0.05) is 11.8 Å². The van der Waals surface area contributed by atoms with Gasteiger partial charge in [0.05, 0.1) is 18.5 Å². The molecule has 2 N–H and O–H groups in total. The molecule has 3 aromatic rings. The number of furan rings is 1. The molecule has 2 aromatic heterocycles. The Morgan fingerprint density at radius 2 is 2.12 bits per heavy atom. The zero-order valence-electron chi connectivity index (χ0n) is 13.8. The summed E-state index contributed by atoms with van der Waals surface area (Å²) in [5, 5.41) is 6.00. The molecule has 1 aromatic carbocycles. The van der Waals surface area contributed by atoms with Crippen molar-refractivity contribution < 1.29 is 4.42 Å². The molecular formula is C19H18N4OS. The molecule has 0 saturated heterocycles. The Kier molecular flexibility index (Phi) is 5.20. The minimum absolute atomic E-state index is 0.173. The van der Waals surface area contributed by atoms with E-state index < -0.39 is 0 Å². The predicted molar refractivity (Wildman–Crippen MR) is 103 cm³/mol. The van der Waals surface area contributed by atoms with E-state index in [0.717, 1.165) is 17.0 Å². The van der Waals surface area contributed by atoms with Crippen LogP contribution in [0.2, 0.25) is 0 Å². The van der Waals surface area contributed by atoms with E-state index >= 15 is 0 Å². The highest BCUT2D eigenvalue weighted by atomic mass is 32.1. The third-order valence-electron chi connectivity index (χ3n) is 3.55. The van der Waals surface area contributed by atoms with Gasteiger partial charge in [-0.3, -0.25) is 4.98 Å². The third kappa shape index (κ3) is 4.51. The molecule has 0 amide bonds. The fourth-order valence-corrected chi connectivity index (χ4v) is 2.43. The molecule has 6 heteroatoms. The summed E-state index contributed by atoms with van der Waals surface area (Å²) in [7, 11) is 0. The summed E-state index contributed by atoms with van der Waals surface area (Å²) >= 11 is 5.06. The lowest BCUT2D eigenvalue weighted by Gasteiger charge is -2.15. The van der Waals surface area contributed by atoms with Crippen LogP contribution in [-0.2, 0) is 6.54 Å². The molecule has 0 aliphatic heterocycles. The van der Waals surface area contributed by atoms with Crippen LogP contribution in [0.15, 0.2) is 70.3 Å². The van der Waals surface area contributed by atoms with Gasteiger partial charge in [-0.15, -0.1) is 0 Å². The van der Waals surface area contributed by atoms with Gasteiger partial charge in [-0.05, 0) is 49.5 Å². The fraction of sp³-hybridized carbons (Fsp3) is 0.105. The molecule has 0 aliphatic carbocycles. The molecule has 0 bridgehead atoms. The quantitative estimate of drug-likeness (QED) is 0.431. The summed E-state index contributed by atoms with van der Waals surface area (Å²) in [6, 6.07) is 17.6. The Bertz CT molecular complexity index is 889. The van der Waals surface area contributed by atoms with Gasteiger partial charge in [-0.25, -0.2) is 5.01 Å². The van der Waals surface area contributed by atoms with Gasteiger partial charge in [0.1, 0.15) is 11.5 Å². The van der Waals surface area contributed by atoms with Crippen LogP contribution in [-0.4, -0.2) is 21.3 Å². The van der Waals surface area contributed by atoms with Gasteiger partial charge in [-0.2, -0.15) is 5.10 Å². The molecule has 0 aliphatic rings. The van der Waals surface area contributed by atoms with Crippen LogP contribution >= 0.6 is 12.2 Å². The number of hydrazone groups is 1. The largest absolute Gasteiger partial charge is 0.455 e. The van der Waals surface area contributed by atoms with E-state index in [0.29, 0.717) is 12.3 Å². The number of pyridine rings is 1. The second-order valence-corrected chi connectivity index (χ2v) is 5.95. The molecule has 5 nitrogen and oxygen atoms in total. The number of thiocarbonyl (C=S) groups is 1. The summed E-state index contributed by atoms with van der Waals surface area (Å²) in [6.45, 7) is 2.45. The number of nitrogens with two attached hydrogens (primary N) is 1. The molecule has 126 valence electrons. The lowest BCUT2D eigenvalue weighted by atomic mass is 10.1. The van der Waals surface area contributed by atoms with Crippen LogP contribution in [0.4, 0.5) is 0 Å². The molecule has 0 saturated carbocycles. The number of rotatable bonds is 5. The first-order chi connectivity index (χ1) is 12.1. The van der Waals surface area contributed by atoms with E-state index in [-0.39, 0.29) is 5.11 Å². The van der Waals surface area contributed by atoms with Crippen molar-refractivity contribution in [1.82, 2.24) is 9.99 Å². The first-order valence-corrected chi connectivity index (χ1v) is 8.20. The van der Waals surface area contributed by atoms with Crippen LogP contribution in [0.5, 0.6) is 0 Å². The Morgan fingerprint density at radius 3 is 2.84 bits per heavy atom. The Hall–Kier alpha value is -2.99. The molecule has 0 spiro atoms. The SMILES string of the molecule is Cc1cccc(-c2ccc(C=NN(Cc3ccccn3)C(N)=S)o2)c1. The maximum atomic E-state index is 5.83. The van der Waals surface area contributed by atoms with Gasteiger partial charge in [0.15, 0.2) is 5.11 Å². The third-order valence-corrected chi connectivity index (χ3v) is 3.76. The van der Waals surface area contributed by atoms with Gasteiger partial charge < -0.3 is 10.2 Å². The first-order valence-electron chi connectivity index (χ1n) is 7.79. The second kappa shape index (κ2) is 7.72. The molecule has 0 unspecified atom stereocenters. The average Bonchev–Trinajstić information content (AvgIpc) is 3.08. The first kappa shape index (κ1) is 16.9. The van der Waals surface area contributed by atoms with E-state index in [1.54, 1.807) is 12.4 Å². The Balaban J connectivity index is 1.75. The number of nitrogens with zero attached hydrogens (tertiary/aromatic N) is 3. The van der Waals surface area contributed by atoms with Crippen LogP contribution in [0, 0.1) is 6.92 Å². The summed E-state index contributed by atoms with van der Waals surface area (Å²) in [6.07, 6.45) is 3.32. The zero-order chi connectivity index (χ0) is 17.6. The van der Waals surface area contributed by atoms with E-state index in [2.05, 4.69) is 16.2 Å². The smallest absolute Gasteiger partial charge is 0.187 e. The minimum atomic E-state index is 0.173. The molecule has 25 heavy (non-hydrogen) atoms. The fourth-order valence-electron chi connectivity index (χ4n) is 2.32. The van der Waals surface area contributed by atoms with Crippen LogP contribution < -0.4 is 5.73 Å². The normalized spacial score (nSPS) is 10.9. The second-order valence-electron chi connectivity index (χ2n) is 5.53. The summed E-state index contributed by atoms with van der Waals surface area (Å²) in [5.41, 5.74) is 8.78. The van der Waals surface area contributed by atoms with E-state index in [4.69, 9.17) is 22.4 Å². The summed E-state index contributed by atoms with van der Waals surface area (Å²) < 4.78 is 5.83. The monoisotopic (exact) mass is 350 g/mol. The predicted octanol–water partition coefficient (Wildman–Crippen LogP) is 3.73. The standard InChI is InChI=1S/C19H18N4OS/c1-14-5-4-6-15(11-14)18-9-8-17(24-18)12-22-23(19(20)25)13-16-7-2-3-10-21-16/h2-12H,13H2,1H3,(H2,20,25). The lowest BCUT2D eigenvalue weighted by Crippen LogP contribution is -2.30. The highest BCUT2D eigenvalue weighted by molar-refractivity contribution is 7.80. The zero-order valence-corrected chi connectivity index (χ0v) is 14.6. The Labute approximate surface area is 151 Å². The molecule has 0 fully saturated rings. The van der Waals surface area contributed by atoms with Crippen molar-refractivity contribution in [3.05, 3.63) is 77.8 Å². The number of benzene rings is 1. The number of aromatic nitrogens is 1. The number of hydrogen-bond acceptors (Lipinski definition) is 4. The van der Waals surface area contributed by atoms with Crippen LogP contribution in [0.25, 0.3) is 11.3 Å². The van der Waals surface area contributed by atoms with Crippen LogP contribution in [0.1, 0.15) is 17.0 Å². The van der Waals surface area contributed by atoms with Gasteiger partial charge >= 0.3 is 0 Å². The van der Waals surface area contributed by atoms with Crippen LogP contribution in [0.3, 0.4) is 0 Å². The molecule has 3 rings (SSSR count). The summed E-state index contributed by atoms with van der Waals surface area (Å²) in [5.74, 6) is 1.41. The maximum Gasteiger partial charge on any atom is 0.187 e. The Morgan fingerprint density at radius 1 is 1.24 bits per heavy atom. The van der Waals surface area contributed by atoms with Crippen molar-refractivity contribution in [2.24, 2.45) is 10.8 Å². The maximum absolute atomic E-state index is 5.83. The average molecular weight is 350 g/mol. The van der Waals surface area contributed by atoms with Crippen molar-refractivity contribution >= 4 is 23.5 Å². The highest BCUT2D eigenvalue weighted by Crippen LogP contribution is 2.22. The highest BCUT2D eigenvalue weighted by Gasteiger charge is 2.07.